The number of fused-ring (bicyclic) bond motifs is 1. The molecule has 178 valence electrons. The average Bonchev–Trinajstić information content (AvgIpc) is 3.49. The lowest BCUT2D eigenvalue weighted by molar-refractivity contribution is -0.133. The largest absolute Gasteiger partial charge is 0.467 e. The van der Waals surface area contributed by atoms with Gasteiger partial charge >= 0.3 is 0 Å². The van der Waals surface area contributed by atoms with Gasteiger partial charge in [-0.1, -0.05) is 19.1 Å². The van der Waals surface area contributed by atoms with Crippen LogP contribution in [0, 0.1) is 5.82 Å². The summed E-state index contributed by atoms with van der Waals surface area (Å²) in [5.74, 6) is -1.06. The summed E-state index contributed by atoms with van der Waals surface area (Å²) in [7, 11) is 0. The van der Waals surface area contributed by atoms with Crippen molar-refractivity contribution in [3.63, 3.8) is 0 Å². The Morgan fingerprint density at radius 1 is 1.18 bits per heavy atom. The number of hydrogen-bond acceptors (Lipinski definition) is 5. The first-order valence-corrected chi connectivity index (χ1v) is 11.0. The molecular weight excluding hydrogens is 441 g/mol. The van der Waals surface area contributed by atoms with Crippen LogP contribution >= 0.6 is 0 Å². The van der Waals surface area contributed by atoms with E-state index in [1.54, 1.807) is 35.8 Å². The minimum atomic E-state index is -1.19. The molecule has 4 rings (SSSR count). The highest BCUT2D eigenvalue weighted by atomic mass is 19.1. The van der Waals surface area contributed by atoms with E-state index in [2.05, 4.69) is 15.6 Å². The number of nitrogens with one attached hydrogen (secondary N) is 2. The van der Waals surface area contributed by atoms with Crippen molar-refractivity contribution >= 4 is 17.7 Å². The van der Waals surface area contributed by atoms with E-state index in [9.17, 15) is 18.8 Å². The van der Waals surface area contributed by atoms with Crippen LogP contribution in [-0.2, 0) is 24.4 Å². The number of halogens is 1. The number of carbonyl (C=O) groups excluding carboxylic acids is 3. The zero-order valence-corrected chi connectivity index (χ0v) is 19.0. The third kappa shape index (κ3) is 4.43. The second-order valence-electron chi connectivity index (χ2n) is 8.37. The minimum Gasteiger partial charge on any atom is -0.467 e. The van der Waals surface area contributed by atoms with Gasteiger partial charge in [-0.3, -0.25) is 14.4 Å². The number of imidazole rings is 1. The summed E-state index contributed by atoms with van der Waals surface area (Å²) >= 11 is 0. The van der Waals surface area contributed by atoms with Crippen molar-refractivity contribution in [1.29, 1.82) is 0 Å². The van der Waals surface area contributed by atoms with Crippen LogP contribution in [0.4, 0.5) is 4.39 Å². The highest BCUT2D eigenvalue weighted by Gasteiger charge is 2.48. The second kappa shape index (κ2) is 9.50. The van der Waals surface area contributed by atoms with Gasteiger partial charge < -0.3 is 24.5 Å². The second-order valence-corrected chi connectivity index (χ2v) is 8.37. The molecule has 0 saturated heterocycles. The average molecular weight is 468 g/mol. The Morgan fingerprint density at radius 2 is 1.94 bits per heavy atom. The molecular formula is C24H26FN5O4. The van der Waals surface area contributed by atoms with Crippen LogP contribution < -0.4 is 10.6 Å². The molecule has 34 heavy (non-hydrogen) atoms. The smallest absolute Gasteiger partial charge is 0.273 e. The number of carbonyl (C=O) groups is 3. The summed E-state index contributed by atoms with van der Waals surface area (Å²) in [4.78, 5) is 45.2. The molecule has 0 radical (unpaired) electrons. The SMILES string of the molecule is CCCN1C(=O)c2c(C(=O)NCc3ccco3)ncn2C[C@]1(C)C(=O)NCc1ccc(F)cc1. The molecule has 9 nitrogen and oxygen atoms in total. The van der Waals surface area contributed by atoms with Gasteiger partial charge in [0.25, 0.3) is 11.8 Å². The molecule has 0 saturated carbocycles. The fraction of sp³-hybridized carbons (Fsp3) is 0.333. The lowest BCUT2D eigenvalue weighted by atomic mass is 9.94. The van der Waals surface area contributed by atoms with Gasteiger partial charge in [0.1, 0.15) is 22.8 Å². The van der Waals surface area contributed by atoms with Gasteiger partial charge in [-0.15, -0.1) is 0 Å². The van der Waals surface area contributed by atoms with Crippen LogP contribution in [0.5, 0.6) is 0 Å². The Labute approximate surface area is 195 Å². The molecule has 0 bridgehead atoms. The van der Waals surface area contributed by atoms with Crippen LogP contribution in [0.25, 0.3) is 0 Å². The number of aromatic nitrogens is 2. The maximum Gasteiger partial charge on any atom is 0.273 e. The van der Waals surface area contributed by atoms with Gasteiger partial charge in [0.15, 0.2) is 5.69 Å². The maximum absolute atomic E-state index is 13.5. The fourth-order valence-electron chi connectivity index (χ4n) is 4.07. The number of rotatable bonds is 8. The molecule has 3 aromatic rings. The molecule has 2 aromatic heterocycles. The van der Waals surface area contributed by atoms with Gasteiger partial charge in [-0.2, -0.15) is 0 Å². The molecule has 1 atom stereocenters. The molecule has 2 N–H and O–H groups in total. The van der Waals surface area contributed by atoms with Crippen LogP contribution in [0.3, 0.4) is 0 Å². The maximum atomic E-state index is 13.5. The van der Waals surface area contributed by atoms with Gasteiger partial charge in [0, 0.05) is 13.1 Å². The summed E-state index contributed by atoms with van der Waals surface area (Å²) in [6.07, 6.45) is 3.54. The van der Waals surface area contributed by atoms with E-state index in [0.29, 0.717) is 18.7 Å². The Balaban J connectivity index is 1.54. The van der Waals surface area contributed by atoms with Gasteiger partial charge in [0.05, 0.1) is 25.7 Å². The molecule has 0 aliphatic carbocycles. The molecule has 1 aromatic carbocycles. The summed E-state index contributed by atoms with van der Waals surface area (Å²) < 4.78 is 19.9. The quantitative estimate of drug-likeness (QED) is 0.529. The van der Waals surface area contributed by atoms with E-state index in [1.807, 2.05) is 6.92 Å². The molecule has 1 aliphatic heterocycles. The van der Waals surface area contributed by atoms with Gasteiger partial charge in [0.2, 0.25) is 5.91 Å². The highest BCUT2D eigenvalue weighted by molar-refractivity contribution is 6.07. The predicted molar refractivity (Wildman–Crippen MR) is 120 cm³/mol. The van der Waals surface area contributed by atoms with E-state index in [0.717, 1.165) is 5.56 Å². The topological polar surface area (TPSA) is 109 Å². The summed E-state index contributed by atoms with van der Waals surface area (Å²) in [6.45, 7) is 4.43. The Hall–Kier alpha value is -3.95. The first-order chi connectivity index (χ1) is 16.3. The summed E-state index contributed by atoms with van der Waals surface area (Å²) in [6, 6.07) is 9.28. The monoisotopic (exact) mass is 467 g/mol. The van der Waals surface area contributed by atoms with Crippen LogP contribution in [0.15, 0.2) is 53.4 Å². The summed E-state index contributed by atoms with van der Waals surface area (Å²) in [5, 5.41) is 5.56. The third-order valence-electron chi connectivity index (χ3n) is 5.88. The summed E-state index contributed by atoms with van der Waals surface area (Å²) in [5.41, 5.74) is -0.301. The van der Waals surface area contributed by atoms with E-state index in [1.165, 1.54) is 29.6 Å². The van der Waals surface area contributed by atoms with Crippen LogP contribution in [-0.4, -0.2) is 44.3 Å². The standard InChI is InChI=1S/C24H26FN5O4/c1-3-10-30-22(32)20-19(21(31)26-13-18-5-4-11-34-18)28-15-29(20)14-24(30,2)23(33)27-12-16-6-8-17(25)9-7-16/h4-9,11,15H,3,10,12-14H2,1-2H3,(H,26,31)(H,27,33)/t24-/m1/s1. The Bertz CT molecular complexity index is 1190. The van der Waals surface area contributed by atoms with E-state index in [-0.39, 0.29) is 42.7 Å². The minimum absolute atomic E-state index is 0.00595. The molecule has 0 spiro atoms. The molecule has 3 amide bonds. The first kappa shape index (κ1) is 23.2. The first-order valence-electron chi connectivity index (χ1n) is 11.0. The zero-order valence-electron chi connectivity index (χ0n) is 19.0. The number of amides is 3. The van der Waals surface area contributed by atoms with Crippen molar-refractivity contribution in [2.75, 3.05) is 6.54 Å². The van der Waals surface area contributed by atoms with Crippen molar-refractivity contribution < 1.29 is 23.2 Å². The van der Waals surface area contributed by atoms with Crippen LogP contribution in [0.1, 0.15) is 52.6 Å². The van der Waals surface area contributed by atoms with E-state index < -0.39 is 17.4 Å². The lowest BCUT2D eigenvalue weighted by Gasteiger charge is -2.43. The normalized spacial score (nSPS) is 17.4. The van der Waals surface area contributed by atoms with Crippen LogP contribution in [0.2, 0.25) is 0 Å². The number of hydrogen-bond donors (Lipinski definition) is 2. The van der Waals surface area contributed by atoms with Crippen molar-refractivity contribution in [3.8, 4) is 0 Å². The molecule has 3 heterocycles. The molecule has 0 unspecified atom stereocenters. The number of nitrogens with zero attached hydrogens (tertiary/aromatic N) is 3. The zero-order chi connectivity index (χ0) is 24.3. The van der Waals surface area contributed by atoms with Gasteiger partial charge in [-0.25, -0.2) is 9.37 Å². The molecule has 1 aliphatic rings. The van der Waals surface area contributed by atoms with Crippen molar-refractivity contribution in [3.05, 3.63) is 77.5 Å². The van der Waals surface area contributed by atoms with E-state index >= 15 is 0 Å². The predicted octanol–water partition coefficient (Wildman–Crippen LogP) is 2.49. The Kier molecular flexibility index (Phi) is 6.49. The van der Waals surface area contributed by atoms with Crippen molar-refractivity contribution in [2.24, 2.45) is 0 Å². The van der Waals surface area contributed by atoms with Gasteiger partial charge in [-0.05, 0) is 43.2 Å². The lowest BCUT2D eigenvalue weighted by Crippen LogP contribution is -2.64. The number of furan rings is 1. The fourth-order valence-corrected chi connectivity index (χ4v) is 4.07. The molecule has 0 fully saturated rings. The number of benzene rings is 1. The van der Waals surface area contributed by atoms with Crippen molar-refractivity contribution in [1.82, 2.24) is 25.1 Å². The van der Waals surface area contributed by atoms with E-state index in [4.69, 9.17) is 4.42 Å². The Morgan fingerprint density at radius 3 is 2.62 bits per heavy atom. The van der Waals surface area contributed by atoms with Crippen molar-refractivity contribution in [2.45, 2.75) is 45.4 Å². The molecule has 10 heteroatoms. The third-order valence-corrected chi connectivity index (χ3v) is 5.88. The highest BCUT2D eigenvalue weighted by Crippen LogP contribution is 2.29.